The molecule has 0 aliphatic rings. The van der Waals surface area contributed by atoms with Crippen LogP contribution in [0.2, 0.25) is 0 Å². The fourth-order valence-electron chi connectivity index (χ4n) is 5.39. The summed E-state index contributed by atoms with van der Waals surface area (Å²) in [4.78, 5) is 50.9. The maximum atomic E-state index is 13.5. The highest BCUT2D eigenvalue weighted by Crippen LogP contribution is 2.17. The van der Waals surface area contributed by atoms with Gasteiger partial charge in [0.15, 0.2) is 0 Å². The van der Waals surface area contributed by atoms with Gasteiger partial charge in [0.1, 0.15) is 25.6 Å². The molecule has 3 atom stereocenters. The average Bonchev–Trinajstić information content (AvgIpc) is 3.18. The number of allylic oxidation sites excluding steroid dienone is 2. The van der Waals surface area contributed by atoms with E-state index >= 15 is 0 Å². The van der Waals surface area contributed by atoms with E-state index in [0.29, 0.717) is 51.0 Å². The molecule has 0 saturated heterocycles. The first-order valence-electron chi connectivity index (χ1n) is 18.1. The van der Waals surface area contributed by atoms with Gasteiger partial charge < -0.3 is 35.3 Å². The molecule has 0 aromatic heterocycles. The number of aliphatic hydroxyl groups is 1. The zero-order valence-electron chi connectivity index (χ0n) is 30.4. The third kappa shape index (κ3) is 17.6. The molecule has 53 heavy (non-hydrogen) atoms. The van der Waals surface area contributed by atoms with Crippen LogP contribution in [0.5, 0.6) is 5.75 Å². The minimum atomic E-state index is -0.729. The number of esters is 1. The number of ether oxygens (including phenoxy) is 3. The van der Waals surface area contributed by atoms with Crippen LogP contribution in [0.15, 0.2) is 110 Å². The predicted molar refractivity (Wildman–Crippen MR) is 204 cm³/mol. The number of hydrogen-bond donors (Lipinski definition) is 4. The molecule has 4 N–H and O–H groups in total. The van der Waals surface area contributed by atoms with Gasteiger partial charge in [0.2, 0.25) is 11.8 Å². The molecule has 0 bridgehead atoms. The summed E-state index contributed by atoms with van der Waals surface area (Å²) in [5.74, 6) is -1.18. The van der Waals surface area contributed by atoms with Gasteiger partial charge in [0.25, 0.3) is 0 Å². The highest BCUT2D eigenvalue weighted by Gasteiger charge is 2.25. The van der Waals surface area contributed by atoms with Gasteiger partial charge in [-0.05, 0) is 67.3 Å². The standard InChI is InChI=1S/C42H53N3O8/c1-3-5-20-40(48)52-31-36(19-12-13-25-43-42(50)53-30-34-17-10-7-11-18-34)45-41(49)35(14-4-2)27-39(47)44-37(28-46)26-32-21-23-38(24-22-32)51-29-33-15-8-6-9-16-33/h3-4,6-11,15-18,21-24,35-37,46H,1-2,5,12-14,19-20,25-31H2,(H,43,50)(H,44,47)(H,45,49). The monoisotopic (exact) mass is 727 g/mol. The molecule has 0 aliphatic heterocycles. The lowest BCUT2D eigenvalue weighted by molar-refractivity contribution is -0.145. The molecule has 11 heteroatoms. The van der Waals surface area contributed by atoms with Crippen LogP contribution in [0.1, 0.15) is 61.6 Å². The molecule has 0 spiro atoms. The predicted octanol–water partition coefficient (Wildman–Crippen LogP) is 5.96. The summed E-state index contributed by atoms with van der Waals surface area (Å²) in [5.41, 5.74) is 2.85. The number of amides is 3. The van der Waals surface area contributed by atoms with Crippen molar-refractivity contribution in [1.82, 2.24) is 16.0 Å². The summed E-state index contributed by atoms with van der Waals surface area (Å²) in [6.45, 7) is 8.04. The third-order valence-electron chi connectivity index (χ3n) is 8.30. The summed E-state index contributed by atoms with van der Waals surface area (Å²) in [6, 6.07) is 25.6. The van der Waals surface area contributed by atoms with Crippen LogP contribution >= 0.6 is 0 Å². The molecule has 0 fully saturated rings. The second-order valence-electron chi connectivity index (χ2n) is 12.7. The van der Waals surface area contributed by atoms with Gasteiger partial charge in [-0.3, -0.25) is 14.4 Å². The van der Waals surface area contributed by atoms with Gasteiger partial charge in [-0.15, -0.1) is 13.2 Å². The van der Waals surface area contributed by atoms with Crippen LogP contribution < -0.4 is 20.7 Å². The van der Waals surface area contributed by atoms with E-state index in [9.17, 15) is 24.3 Å². The Morgan fingerprint density at radius 3 is 2.08 bits per heavy atom. The lowest BCUT2D eigenvalue weighted by Crippen LogP contribution is -2.45. The van der Waals surface area contributed by atoms with E-state index in [1.54, 1.807) is 12.2 Å². The number of aliphatic hydroxyl groups excluding tert-OH is 1. The Labute approximate surface area is 312 Å². The van der Waals surface area contributed by atoms with Crippen LogP contribution in [0, 0.1) is 5.92 Å². The topological polar surface area (TPSA) is 152 Å². The maximum Gasteiger partial charge on any atom is 0.407 e. The molecule has 0 radical (unpaired) electrons. The Morgan fingerprint density at radius 1 is 0.755 bits per heavy atom. The number of hydrogen-bond acceptors (Lipinski definition) is 8. The van der Waals surface area contributed by atoms with Crippen LogP contribution in [-0.2, 0) is 43.5 Å². The van der Waals surface area contributed by atoms with E-state index in [1.165, 1.54) is 0 Å². The van der Waals surface area contributed by atoms with Crippen LogP contribution in [0.4, 0.5) is 4.79 Å². The maximum absolute atomic E-state index is 13.5. The molecule has 0 aliphatic carbocycles. The third-order valence-corrected chi connectivity index (χ3v) is 8.30. The first-order valence-corrected chi connectivity index (χ1v) is 18.1. The fourth-order valence-corrected chi connectivity index (χ4v) is 5.39. The zero-order valence-corrected chi connectivity index (χ0v) is 30.4. The van der Waals surface area contributed by atoms with Gasteiger partial charge in [-0.25, -0.2) is 4.79 Å². The molecular weight excluding hydrogens is 674 g/mol. The summed E-state index contributed by atoms with van der Waals surface area (Å²) in [5, 5.41) is 18.6. The minimum Gasteiger partial charge on any atom is -0.489 e. The number of alkyl carbamates (subject to hydrolysis) is 1. The average molecular weight is 728 g/mol. The Kier molecular flexibility index (Phi) is 19.6. The summed E-state index contributed by atoms with van der Waals surface area (Å²) >= 11 is 0. The SMILES string of the molecule is C=CCCC(=O)OCC(CCCCNC(=O)OCc1ccccc1)NC(=O)C(CC=C)CC(=O)NC(CO)Cc1ccc(OCc2ccccc2)cc1. The quantitative estimate of drug-likeness (QED) is 0.0474. The number of rotatable bonds is 25. The van der Waals surface area contributed by atoms with Gasteiger partial charge in [-0.1, -0.05) is 84.9 Å². The second-order valence-corrected chi connectivity index (χ2v) is 12.7. The van der Waals surface area contributed by atoms with E-state index in [4.69, 9.17) is 14.2 Å². The molecule has 3 aromatic rings. The van der Waals surface area contributed by atoms with Crippen molar-refractivity contribution in [1.29, 1.82) is 0 Å². The number of nitrogens with one attached hydrogen (secondary N) is 3. The van der Waals surface area contributed by atoms with E-state index in [1.807, 2.05) is 84.9 Å². The fraction of sp³-hybridized carbons (Fsp3) is 0.381. The Balaban J connectivity index is 1.48. The van der Waals surface area contributed by atoms with Gasteiger partial charge in [0, 0.05) is 19.4 Å². The van der Waals surface area contributed by atoms with Gasteiger partial charge in [0.05, 0.1) is 24.6 Å². The normalized spacial score (nSPS) is 12.3. The smallest absolute Gasteiger partial charge is 0.407 e. The summed E-state index contributed by atoms with van der Waals surface area (Å²) in [7, 11) is 0. The van der Waals surface area contributed by atoms with Crippen molar-refractivity contribution in [2.24, 2.45) is 5.92 Å². The molecule has 3 amide bonds. The van der Waals surface area contributed by atoms with Crippen molar-refractivity contribution in [3.8, 4) is 5.75 Å². The van der Waals surface area contributed by atoms with E-state index in [0.717, 1.165) is 16.7 Å². The van der Waals surface area contributed by atoms with Crippen molar-refractivity contribution < 1.29 is 38.5 Å². The lowest BCUT2D eigenvalue weighted by atomic mass is 9.98. The Bertz CT molecular complexity index is 1550. The second kappa shape index (κ2) is 24.7. The van der Waals surface area contributed by atoms with Crippen molar-refractivity contribution in [2.45, 2.75) is 76.7 Å². The Hall–Kier alpha value is -5.42. The van der Waals surface area contributed by atoms with E-state index in [2.05, 4.69) is 29.1 Å². The van der Waals surface area contributed by atoms with Gasteiger partial charge >= 0.3 is 12.1 Å². The zero-order chi connectivity index (χ0) is 38.1. The number of carbonyl (C=O) groups excluding carboxylic acids is 4. The molecule has 284 valence electrons. The first-order chi connectivity index (χ1) is 25.8. The molecule has 11 nitrogen and oxygen atoms in total. The molecule has 0 heterocycles. The van der Waals surface area contributed by atoms with Gasteiger partial charge in [-0.2, -0.15) is 0 Å². The number of unbranched alkanes of at least 4 members (excludes halogenated alkanes) is 1. The molecule has 3 rings (SSSR count). The molecule has 3 unspecified atom stereocenters. The summed E-state index contributed by atoms with van der Waals surface area (Å²) < 4.78 is 16.5. The van der Waals surface area contributed by atoms with Crippen LogP contribution in [-0.4, -0.2) is 60.8 Å². The molecule has 0 saturated carbocycles. The van der Waals surface area contributed by atoms with E-state index < -0.39 is 30.1 Å². The Morgan fingerprint density at radius 2 is 1.43 bits per heavy atom. The van der Waals surface area contributed by atoms with Crippen LogP contribution in [0.3, 0.4) is 0 Å². The molecule has 3 aromatic carbocycles. The highest BCUT2D eigenvalue weighted by molar-refractivity contribution is 5.86. The highest BCUT2D eigenvalue weighted by atomic mass is 16.5. The first kappa shape index (κ1) is 42.0. The summed E-state index contributed by atoms with van der Waals surface area (Å²) in [6.07, 6.45) is 5.52. The largest absolute Gasteiger partial charge is 0.489 e. The lowest BCUT2D eigenvalue weighted by Gasteiger charge is -2.23. The minimum absolute atomic E-state index is 0.0378. The molecular formula is C42H53N3O8. The van der Waals surface area contributed by atoms with Crippen molar-refractivity contribution >= 4 is 23.9 Å². The van der Waals surface area contributed by atoms with Crippen molar-refractivity contribution in [2.75, 3.05) is 19.8 Å². The van der Waals surface area contributed by atoms with Crippen molar-refractivity contribution in [3.05, 3.63) is 127 Å². The van der Waals surface area contributed by atoms with E-state index in [-0.39, 0.29) is 50.9 Å². The van der Waals surface area contributed by atoms with Crippen molar-refractivity contribution in [3.63, 3.8) is 0 Å². The number of carbonyl (C=O) groups is 4. The van der Waals surface area contributed by atoms with Crippen LogP contribution in [0.25, 0.3) is 0 Å². The number of benzene rings is 3.